The monoisotopic (exact) mass is 363 g/mol. The highest BCUT2D eigenvalue weighted by atomic mass is 16.5. The van der Waals surface area contributed by atoms with E-state index in [0.29, 0.717) is 23.4 Å². The number of rotatable bonds is 7. The van der Waals surface area contributed by atoms with E-state index in [1.165, 1.54) is 19.8 Å². The van der Waals surface area contributed by atoms with Crippen molar-refractivity contribution in [2.24, 2.45) is 0 Å². The van der Waals surface area contributed by atoms with Gasteiger partial charge in [0, 0.05) is 17.7 Å². The first kappa shape index (κ1) is 18.9. The largest absolute Gasteiger partial charge is 0.496 e. The predicted molar refractivity (Wildman–Crippen MR) is 106 cm³/mol. The Labute approximate surface area is 160 Å². The number of carbonyl (C=O) groups is 1. The summed E-state index contributed by atoms with van der Waals surface area (Å²) < 4.78 is 5.58. The zero-order valence-corrected chi connectivity index (χ0v) is 15.9. The molecule has 2 aromatic rings. The maximum absolute atomic E-state index is 11.7. The number of likely N-dealkylation sites (tertiary alicyclic amines) is 1. The second kappa shape index (κ2) is 8.70. The van der Waals surface area contributed by atoms with Gasteiger partial charge in [0.05, 0.1) is 24.4 Å². The molecule has 0 spiro atoms. The SMILES string of the molecule is COc1ccccc1C(CNc1cc(C(C)=O)ccc1C#N)N1CCCC1. The quantitative estimate of drug-likeness (QED) is 0.753. The van der Waals surface area contributed by atoms with Gasteiger partial charge in [-0.25, -0.2) is 0 Å². The van der Waals surface area contributed by atoms with Gasteiger partial charge in [-0.15, -0.1) is 0 Å². The van der Waals surface area contributed by atoms with Crippen LogP contribution in [0.25, 0.3) is 0 Å². The molecule has 0 radical (unpaired) electrons. The van der Waals surface area contributed by atoms with Crippen LogP contribution in [0.1, 0.15) is 47.3 Å². The Morgan fingerprint density at radius 2 is 2.00 bits per heavy atom. The Bertz CT molecular complexity index is 851. The maximum atomic E-state index is 11.7. The number of benzene rings is 2. The van der Waals surface area contributed by atoms with Gasteiger partial charge in [0.2, 0.25) is 0 Å². The summed E-state index contributed by atoms with van der Waals surface area (Å²) in [5, 5.41) is 12.8. The van der Waals surface area contributed by atoms with Crippen molar-refractivity contribution in [2.45, 2.75) is 25.8 Å². The Morgan fingerprint density at radius 3 is 2.67 bits per heavy atom. The summed E-state index contributed by atoms with van der Waals surface area (Å²) >= 11 is 0. The number of hydrogen-bond acceptors (Lipinski definition) is 5. The molecule has 1 saturated heterocycles. The molecule has 1 aliphatic heterocycles. The number of para-hydroxylation sites is 1. The van der Waals surface area contributed by atoms with Gasteiger partial charge in [0.25, 0.3) is 0 Å². The molecule has 5 heteroatoms. The second-order valence-electron chi connectivity index (χ2n) is 6.81. The molecule has 0 aromatic heterocycles. The number of anilines is 1. The summed E-state index contributed by atoms with van der Waals surface area (Å²) in [4.78, 5) is 14.2. The first-order valence-corrected chi connectivity index (χ1v) is 9.30. The van der Waals surface area contributed by atoms with E-state index in [-0.39, 0.29) is 11.8 Å². The molecular weight excluding hydrogens is 338 g/mol. The van der Waals surface area contributed by atoms with Gasteiger partial charge < -0.3 is 10.1 Å². The molecule has 1 aliphatic rings. The van der Waals surface area contributed by atoms with E-state index in [9.17, 15) is 10.1 Å². The third-order valence-corrected chi connectivity index (χ3v) is 5.11. The molecular formula is C22H25N3O2. The molecule has 0 aliphatic carbocycles. The van der Waals surface area contributed by atoms with Gasteiger partial charge >= 0.3 is 0 Å². The minimum absolute atomic E-state index is 0.0108. The summed E-state index contributed by atoms with van der Waals surface area (Å²) in [6.45, 7) is 4.26. The van der Waals surface area contributed by atoms with Gasteiger partial charge in [-0.05, 0) is 57.1 Å². The first-order chi connectivity index (χ1) is 13.1. The maximum Gasteiger partial charge on any atom is 0.159 e. The number of nitrogens with zero attached hydrogens (tertiary/aromatic N) is 2. The van der Waals surface area contributed by atoms with Crippen LogP contribution in [-0.4, -0.2) is 37.4 Å². The number of hydrogen-bond donors (Lipinski definition) is 1. The van der Waals surface area contributed by atoms with Crippen molar-refractivity contribution in [3.05, 3.63) is 59.2 Å². The summed E-state index contributed by atoms with van der Waals surface area (Å²) in [5.74, 6) is 0.859. The number of Topliss-reactive ketones (excluding diaryl/α,β-unsaturated/α-hetero) is 1. The van der Waals surface area contributed by atoms with Crippen LogP contribution >= 0.6 is 0 Å². The average molecular weight is 363 g/mol. The summed E-state index contributed by atoms with van der Waals surface area (Å²) in [6, 6.07) is 15.6. The Morgan fingerprint density at radius 1 is 1.26 bits per heavy atom. The lowest BCUT2D eigenvalue weighted by molar-refractivity contribution is 0.101. The van der Waals surface area contributed by atoms with Crippen LogP contribution in [0.15, 0.2) is 42.5 Å². The van der Waals surface area contributed by atoms with Crippen molar-refractivity contribution < 1.29 is 9.53 Å². The van der Waals surface area contributed by atoms with Gasteiger partial charge in [-0.3, -0.25) is 9.69 Å². The van der Waals surface area contributed by atoms with E-state index >= 15 is 0 Å². The standard InChI is InChI=1S/C22H25N3O2/c1-16(26)17-9-10-18(14-23)20(13-17)24-15-21(25-11-5-6-12-25)19-7-3-4-8-22(19)27-2/h3-4,7-10,13,21,24H,5-6,11-12,15H2,1-2H3. The van der Waals surface area contributed by atoms with Crippen molar-refractivity contribution in [3.63, 3.8) is 0 Å². The van der Waals surface area contributed by atoms with E-state index in [2.05, 4.69) is 22.4 Å². The summed E-state index contributed by atoms with van der Waals surface area (Å²) in [7, 11) is 1.69. The molecule has 1 N–H and O–H groups in total. The Hall–Kier alpha value is -2.84. The fourth-order valence-electron chi connectivity index (χ4n) is 3.64. The average Bonchev–Trinajstić information content (AvgIpc) is 3.22. The highest BCUT2D eigenvalue weighted by Gasteiger charge is 2.26. The van der Waals surface area contributed by atoms with Gasteiger partial charge in [-0.1, -0.05) is 18.2 Å². The number of ether oxygens (including phenoxy) is 1. The third kappa shape index (κ3) is 4.29. The molecule has 1 unspecified atom stereocenters. The minimum Gasteiger partial charge on any atom is -0.496 e. The number of ketones is 1. The van der Waals surface area contributed by atoms with E-state index in [1.54, 1.807) is 25.3 Å². The topological polar surface area (TPSA) is 65.4 Å². The van der Waals surface area contributed by atoms with Gasteiger partial charge in [0.1, 0.15) is 11.8 Å². The van der Waals surface area contributed by atoms with Crippen molar-refractivity contribution in [3.8, 4) is 11.8 Å². The number of carbonyl (C=O) groups excluding carboxylic acids is 1. The van der Waals surface area contributed by atoms with Crippen LogP contribution < -0.4 is 10.1 Å². The molecule has 0 bridgehead atoms. The number of nitriles is 1. The van der Waals surface area contributed by atoms with Crippen molar-refractivity contribution in [1.82, 2.24) is 4.90 Å². The molecule has 3 rings (SSSR count). The molecule has 1 heterocycles. The Kier molecular flexibility index (Phi) is 6.10. The molecule has 5 nitrogen and oxygen atoms in total. The van der Waals surface area contributed by atoms with Crippen LogP contribution in [0.2, 0.25) is 0 Å². The first-order valence-electron chi connectivity index (χ1n) is 9.30. The van der Waals surface area contributed by atoms with E-state index in [4.69, 9.17) is 4.74 Å². The van der Waals surface area contributed by atoms with Gasteiger partial charge in [0.15, 0.2) is 5.78 Å². The van der Waals surface area contributed by atoms with Crippen molar-refractivity contribution >= 4 is 11.5 Å². The Balaban J connectivity index is 1.89. The molecule has 140 valence electrons. The van der Waals surface area contributed by atoms with E-state index in [0.717, 1.165) is 24.4 Å². The van der Waals surface area contributed by atoms with Crippen molar-refractivity contribution in [2.75, 3.05) is 32.1 Å². The van der Waals surface area contributed by atoms with Crippen LogP contribution in [0.4, 0.5) is 5.69 Å². The van der Waals surface area contributed by atoms with Crippen LogP contribution in [0.3, 0.4) is 0 Å². The third-order valence-electron chi connectivity index (χ3n) is 5.11. The van der Waals surface area contributed by atoms with Crippen LogP contribution in [-0.2, 0) is 0 Å². The lowest BCUT2D eigenvalue weighted by atomic mass is 10.0. The lowest BCUT2D eigenvalue weighted by Crippen LogP contribution is -2.31. The van der Waals surface area contributed by atoms with E-state index in [1.807, 2.05) is 18.2 Å². The molecule has 1 atom stereocenters. The molecule has 1 fully saturated rings. The van der Waals surface area contributed by atoms with Gasteiger partial charge in [-0.2, -0.15) is 5.26 Å². The lowest BCUT2D eigenvalue weighted by Gasteiger charge is -2.30. The molecule has 0 saturated carbocycles. The smallest absolute Gasteiger partial charge is 0.159 e. The summed E-state index contributed by atoms with van der Waals surface area (Å²) in [5.41, 5.74) is 2.98. The highest BCUT2D eigenvalue weighted by molar-refractivity contribution is 5.95. The fourth-order valence-corrected chi connectivity index (χ4v) is 3.64. The zero-order chi connectivity index (χ0) is 19.2. The summed E-state index contributed by atoms with van der Waals surface area (Å²) in [6.07, 6.45) is 2.38. The normalized spacial score (nSPS) is 15.1. The zero-order valence-electron chi connectivity index (χ0n) is 15.9. The minimum atomic E-state index is -0.0108. The number of methoxy groups -OCH3 is 1. The van der Waals surface area contributed by atoms with Crippen LogP contribution in [0.5, 0.6) is 5.75 Å². The molecule has 2 aromatic carbocycles. The number of nitrogens with one attached hydrogen (secondary N) is 1. The predicted octanol–water partition coefficient (Wildman–Crippen LogP) is 4.02. The highest BCUT2D eigenvalue weighted by Crippen LogP contribution is 2.32. The van der Waals surface area contributed by atoms with Crippen LogP contribution in [0, 0.1) is 11.3 Å². The van der Waals surface area contributed by atoms with Crippen molar-refractivity contribution in [1.29, 1.82) is 5.26 Å². The molecule has 27 heavy (non-hydrogen) atoms. The second-order valence-corrected chi connectivity index (χ2v) is 6.81. The molecule has 0 amide bonds. The van der Waals surface area contributed by atoms with E-state index < -0.39 is 0 Å². The fraction of sp³-hybridized carbons (Fsp3) is 0.364.